The molecule has 1 aliphatic rings. The Hall–Kier alpha value is -2.35. The minimum Gasteiger partial charge on any atom is -0.337 e. The summed E-state index contributed by atoms with van der Waals surface area (Å²) in [5, 5.41) is 7.52. The molecule has 0 bridgehead atoms. The Morgan fingerprint density at radius 1 is 1.26 bits per heavy atom. The van der Waals surface area contributed by atoms with Crippen molar-refractivity contribution in [2.75, 3.05) is 26.2 Å². The van der Waals surface area contributed by atoms with Gasteiger partial charge in [0.2, 0.25) is 0 Å². The van der Waals surface area contributed by atoms with Crippen LogP contribution >= 0.6 is 0 Å². The van der Waals surface area contributed by atoms with Gasteiger partial charge < -0.3 is 10.2 Å². The Labute approximate surface area is 156 Å². The van der Waals surface area contributed by atoms with Crippen LogP contribution in [0.3, 0.4) is 0 Å². The maximum Gasteiger partial charge on any atom is 0.416 e. The number of alkyl halides is 3. The zero-order valence-electron chi connectivity index (χ0n) is 15.2. The van der Waals surface area contributed by atoms with Crippen molar-refractivity contribution in [3.8, 4) is 5.69 Å². The van der Waals surface area contributed by atoms with Gasteiger partial charge in [-0.15, -0.1) is 0 Å². The average Bonchev–Trinajstić information content (AvgIpc) is 3.16. The van der Waals surface area contributed by atoms with Crippen LogP contribution in [0.5, 0.6) is 0 Å². The number of hydrogen-bond acceptors (Lipinski definition) is 3. The second kappa shape index (κ2) is 8.12. The van der Waals surface area contributed by atoms with Gasteiger partial charge in [0.1, 0.15) is 0 Å². The highest BCUT2D eigenvalue weighted by molar-refractivity contribution is 5.92. The van der Waals surface area contributed by atoms with E-state index in [1.807, 2.05) is 0 Å². The Kier molecular flexibility index (Phi) is 5.84. The van der Waals surface area contributed by atoms with E-state index in [-0.39, 0.29) is 17.3 Å². The molecule has 3 rings (SSSR count). The van der Waals surface area contributed by atoms with E-state index in [1.165, 1.54) is 23.0 Å². The van der Waals surface area contributed by atoms with Crippen molar-refractivity contribution < 1.29 is 18.0 Å². The van der Waals surface area contributed by atoms with Crippen LogP contribution in [0.1, 0.15) is 35.8 Å². The van der Waals surface area contributed by atoms with Crippen LogP contribution in [0.25, 0.3) is 5.69 Å². The minimum absolute atomic E-state index is 0.178. The molecular formula is C19H23F3N4O. The van der Waals surface area contributed by atoms with Gasteiger partial charge in [0.15, 0.2) is 5.69 Å². The monoisotopic (exact) mass is 380 g/mol. The summed E-state index contributed by atoms with van der Waals surface area (Å²) in [6, 6.07) is 6.44. The summed E-state index contributed by atoms with van der Waals surface area (Å²) in [6.45, 7) is 5.31. The summed E-state index contributed by atoms with van der Waals surface area (Å²) in [6.07, 6.45) is -1.03. The predicted octanol–water partition coefficient (Wildman–Crippen LogP) is 3.35. The van der Waals surface area contributed by atoms with Crippen molar-refractivity contribution >= 4 is 5.91 Å². The SMILES string of the molecule is CCNCC1CCN(C(=O)c2ccn(-c3cccc(C(F)(F)F)c3)n2)CC1. The van der Waals surface area contributed by atoms with Crippen LogP contribution in [0.2, 0.25) is 0 Å². The Balaban J connectivity index is 1.67. The molecule has 1 saturated heterocycles. The van der Waals surface area contributed by atoms with E-state index in [9.17, 15) is 18.0 Å². The van der Waals surface area contributed by atoms with Gasteiger partial charge in [-0.3, -0.25) is 4.79 Å². The highest BCUT2D eigenvalue weighted by Gasteiger charge is 2.30. The van der Waals surface area contributed by atoms with Crippen molar-refractivity contribution in [1.82, 2.24) is 20.0 Å². The zero-order valence-corrected chi connectivity index (χ0v) is 15.2. The summed E-state index contributed by atoms with van der Waals surface area (Å²) in [5.41, 5.74) is -0.225. The number of amides is 1. The second-order valence-electron chi connectivity index (χ2n) is 6.74. The fourth-order valence-corrected chi connectivity index (χ4v) is 3.26. The third-order valence-corrected chi connectivity index (χ3v) is 4.83. The Bertz CT molecular complexity index is 779. The third kappa shape index (κ3) is 4.68. The maximum atomic E-state index is 12.9. The fraction of sp³-hybridized carbons (Fsp3) is 0.474. The molecule has 1 aliphatic heterocycles. The van der Waals surface area contributed by atoms with E-state index in [1.54, 1.807) is 11.0 Å². The van der Waals surface area contributed by atoms with Crippen molar-refractivity contribution in [1.29, 1.82) is 0 Å². The van der Waals surface area contributed by atoms with Crippen LogP contribution in [-0.2, 0) is 6.18 Å². The lowest BCUT2D eigenvalue weighted by Gasteiger charge is -2.31. The van der Waals surface area contributed by atoms with Gasteiger partial charge in [-0.25, -0.2) is 4.68 Å². The van der Waals surface area contributed by atoms with Gasteiger partial charge in [0.25, 0.3) is 5.91 Å². The Morgan fingerprint density at radius 3 is 2.67 bits per heavy atom. The molecule has 146 valence electrons. The van der Waals surface area contributed by atoms with Crippen LogP contribution in [0, 0.1) is 5.92 Å². The minimum atomic E-state index is -4.42. The number of nitrogens with zero attached hydrogens (tertiary/aromatic N) is 3. The molecule has 0 saturated carbocycles. The van der Waals surface area contributed by atoms with Gasteiger partial charge in [-0.05, 0) is 56.1 Å². The van der Waals surface area contributed by atoms with Gasteiger partial charge >= 0.3 is 6.18 Å². The number of aromatic nitrogens is 2. The molecule has 1 N–H and O–H groups in total. The van der Waals surface area contributed by atoms with Gasteiger partial charge in [0.05, 0.1) is 11.3 Å². The summed E-state index contributed by atoms with van der Waals surface area (Å²) in [4.78, 5) is 14.4. The summed E-state index contributed by atoms with van der Waals surface area (Å²) < 4.78 is 39.9. The quantitative estimate of drug-likeness (QED) is 0.866. The van der Waals surface area contributed by atoms with E-state index in [4.69, 9.17) is 0 Å². The number of rotatable bonds is 5. The van der Waals surface area contributed by atoms with Gasteiger partial charge in [0, 0.05) is 19.3 Å². The van der Waals surface area contributed by atoms with Crippen molar-refractivity contribution in [3.63, 3.8) is 0 Å². The number of likely N-dealkylation sites (tertiary alicyclic amines) is 1. The van der Waals surface area contributed by atoms with Gasteiger partial charge in [-0.2, -0.15) is 18.3 Å². The summed E-state index contributed by atoms with van der Waals surface area (Å²) in [7, 11) is 0. The summed E-state index contributed by atoms with van der Waals surface area (Å²) in [5.74, 6) is 0.388. The number of benzene rings is 1. The largest absolute Gasteiger partial charge is 0.416 e. The lowest BCUT2D eigenvalue weighted by molar-refractivity contribution is -0.137. The van der Waals surface area contributed by atoms with E-state index < -0.39 is 11.7 Å². The molecule has 1 aromatic carbocycles. The van der Waals surface area contributed by atoms with Gasteiger partial charge in [-0.1, -0.05) is 13.0 Å². The fourth-order valence-electron chi connectivity index (χ4n) is 3.26. The molecule has 0 radical (unpaired) electrons. The number of carbonyl (C=O) groups excluding carboxylic acids is 1. The first-order chi connectivity index (χ1) is 12.9. The number of halogens is 3. The molecule has 8 heteroatoms. The number of carbonyl (C=O) groups is 1. The zero-order chi connectivity index (χ0) is 19.4. The van der Waals surface area contributed by atoms with Crippen LogP contribution in [-0.4, -0.2) is 46.8 Å². The molecule has 2 heterocycles. The second-order valence-corrected chi connectivity index (χ2v) is 6.74. The number of piperidine rings is 1. The average molecular weight is 380 g/mol. The summed E-state index contributed by atoms with van der Waals surface area (Å²) >= 11 is 0. The topological polar surface area (TPSA) is 50.2 Å². The predicted molar refractivity (Wildman–Crippen MR) is 95.7 cm³/mol. The van der Waals surface area contributed by atoms with Crippen LogP contribution in [0.15, 0.2) is 36.5 Å². The number of hydrogen-bond donors (Lipinski definition) is 1. The van der Waals surface area contributed by atoms with Crippen LogP contribution in [0.4, 0.5) is 13.2 Å². The standard InChI is InChI=1S/C19H23F3N4O/c1-2-23-13-14-6-9-25(10-7-14)18(27)17-8-11-26(24-17)16-5-3-4-15(12-16)19(20,21)22/h3-5,8,11-12,14,23H,2,6-7,9-10,13H2,1H3. The first-order valence-electron chi connectivity index (χ1n) is 9.11. The molecule has 0 unspecified atom stereocenters. The molecule has 1 fully saturated rings. The van der Waals surface area contributed by atoms with E-state index in [0.717, 1.165) is 38.1 Å². The molecule has 1 amide bonds. The molecule has 2 aromatic rings. The van der Waals surface area contributed by atoms with Crippen molar-refractivity contribution in [2.24, 2.45) is 5.92 Å². The smallest absolute Gasteiger partial charge is 0.337 e. The third-order valence-electron chi connectivity index (χ3n) is 4.83. The maximum absolute atomic E-state index is 12.9. The van der Waals surface area contributed by atoms with E-state index in [2.05, 4.69) is 17.3 Å². The van der Waals surface area contributed by atoms with E-state index in [0.29, 0.717) is 19.0 Å². The molecular weight excluding hydrogens is 357 g/mol. The number of nitrogens with one attached hydrogen (secondary N) is 1. The highest BCUT2D eigenvalue weighted by Crippen LogP contribution is 2.30. The lowest BCUT2D eigenvalue weighted by atomic mass is 9.96. The first kappa shape index (κ1) is 19.4. The normalized spacial score (nSPS) is 15.9. The van der Waals surface area contributed by atoms with Crippen molar-refractivity contribution in [3.05, 3.63) is 47.8 Å². The molecule has 1 aromatic heterocycles. The van der Waals surface area contributed by atoms with Crippen molar-refractivity contribution in [2.45, 2.75) is 25.9 Å². The Morgan fingerprint density at radius 2 is 2.00 bits per heavy atom. The molecule has 5 nitrogen and oxygen atoms in total. The molecule has 0 spiro atoms. The highest BCUT2D eigenvalue weighted by atomic mass is 19.4. The molecule has 27 heavy (non-hydrogen) atoms. The molecule has 0 atom stereocenters. The van der Waals surface area contributed by atoms with Crippen LogP contribution < -0.4 is 5.32 Å². The molecule has 0 aliphatic carbocycles. The van der Waals surface area contributed by atoms with E-state index >= 15 is 0 Å². The lowest BCUT2D eigenvalue weighted by Crippen LogP contribution is -2.41. The first-order valence-corrected chi connectivity index (χ1v) is 9.11.